The van der Waals surface area contributed by atoms with E-state index in [9.17, 15) is 14.7 Å². The SMILES string of the molecule is CC[C@@]12OC(=O)[C@]1([C@@H](O)[C@@H]1C=CCCC1)NC(=O)[C@@H]2CCCCl. The summed E-state index contributed by atoms with van der Waals surface area (Å²) in [6.07, 6.45) is 7.56. The third-order valence-electron chi connectivity index (χ3n) is 5.76. The number of hydrogen-bond acceptors (Lipinski definition) is 4. The number of ether oxygens (including phenoxy) is 1. The fourth-order valence-corrected chi connectivity index (χ4v) is 4.71. The second-order valence-electron chi connectivity index (χ2n) is 6.78. The zero-order valence-electron chi connectivity index (χ0n) is 13.4. The van der Waals surface area contributed by atoms with Crippen molar-refractivity contribution >= 4 is 23.5 Å². The predicted molar refractivity (Wildman–Crippen MR) is 85.9 cm³/mol. The zero-order chi connectivity index (χ0) is 16.7. The Morgan fingerprint density at radius 3 is 2.87 bits per heavy atom. The zero-order valence-corrected chi connectivity index (χ0v) is 14.1. The van der Waals surface area contributed by atoms with Crippen LogP contribution in [-0.2, 0) is 14.3 Å². The third kappa shape index (κ3) is 2.16. The van der Waals surface area contributed by atoms with E-state index in [1.165, 1.54) is 0 Å². The Bertz CT molecular complexity index is 537. The number of fused-ring (bicyclic) bond motifs is 1. The maximum Gasteiger partial charge on any atom is 0.339 e. The molecule has 6 heteroatoms. The molecule has 2 fully saturated rings. The highest BCUT2D eigenvalue weighted by atomic mass is 35.5. The van der Waals surface area contributed by atoms with Crippen molar-refractivity contribution < 1.29 is 19.4 Å². The number of amides is 1. The Morgan fingerprint density at radius 2 is 2.30 bits per heavy atom. The lowest BCUT2D eigenvalue weighted by Gasteiger charge is -2.56. The summed E-state index contributed by atoms with van der Waals surface area (Å²) >= 11 is 5.77. The smallest absolute Gasteiger partial charge is 0.339 e. The van der Waals surface area contributed by atoms with Gasteiger partial charge in [0.25, 0.3) is 0 Å². The average Bonchev–Trinajstić information content (AvgIpc) is 2.77. The molecule has 23 heavy (non-hydrogen) atoms. The van der Waals surface area contributed by atoms with E-state index < -0.39 is 29.1 Å². The minimum atomic E-state index is -1.30. The van der Waals surface area contributed by atoms with Gasteiger partial charge in [-0.2, -0.15) is 0 Å². The van der Waals surface area contributed by atoms with Crippen LogP contribution in [0, 0.1) is 11.8 Å². The Hall–Kier alpha value is -1.07. The first kappa shape index (κ1) is 16.8. The lowest BCUT2D eigenvalue weighted by Crippen LogP contribution is -2.80. The van der Waals surface area contributed by atoms with Crippen molar-refractivity contribution in [2.45, 2.75) is 62.7 Å². The van der Waals surface area contributed by atoms with Gasteiger partial charge < -0.3 is 15.2 Å². The molecule has 2 N–H and O–H groups in total. The highest BCUT2D eigenvalue weighted by Gasteiger charge is 2.80. The number of nitrogens with one attached hydrogen (secondary N) is 1. The van der Waals surface area contributed by atoms with Gasteiger partial charge in [0.2, 0.25) is 11.4 Å². The van der Waals surface area contributed by atoms with Crippen molar-refractivity contribution in [1.29, 1.82) is 0 Å². The highest BCUT2D eigenvalue weighted by Crippen LogP contribution is 2.55. The lowest BCUT2D eigenvalue weighted by molar-refractivity contribution is -0.244. The average molecular weight is 342 g/mol. The van der Waals surface area contributed by atoms with Crippen LogP contribution < -0.4 is 5.32 Å². The summed E-state index contributed by atoms with van der Waals surface area (Å²) in [5.41, 5.74) is -2.25. The van der Waals surface area contributed by atoms with Crippen LogP contribution in [0.25, 0.3) is 0 Å². The number of carbonyl (C=O) groups is 2. The quantitative estimate of drug-likeness (QED) is 0.439. The Kier molecular flexibility index (Phi) is 4.45. The Morgan fingerprint density at radius 1 is 1.52 bits per heavy atom. The maximum absolute atomic E-state index is 12.5. The van der Waals surface area contributed by atoms with Gasteiger partial charge in [0.05, 0.1) is 12.0 Å². The van der Waals surface area contributed by atoms with E-state index in [0.717, 1.165) is 19.3 Å². The number of carbonyl (C=O) groups excluding carboxylic acids is 2. The number of alkyl halides is 1. The number of allylic oxidation sites excluding steroid dienone is 1. The van der Waals surface area contributed by atoms with E-state index in [2.05, 4.69) is 5.32 Å². The van der Waals surface area contributed by atoms with Gasteiger partial charge in [-0.3, -0.25) is 4.79 Å². The summed E-state index contributed by atoms with van der Waals surface area (Å²) in [6, 6.07) is 0. The van der Waals surface area contributed by atoms with Crippen LogP contribution in [0.2, 0.25) is 0 Å². The molecule has 0 aromatic carbocycles. The fraction of sp³-hybridized carbons (Fsp3) is 0.765. The van der Waals surface area contributed by atoms with Crippen molar-refractivity contribution in [1.82, 2.24) is 5.32 Å². The van der Waals surface area contributed by atoms with Gasteiger partial charge in [-0.15, -0.1) is 11.6 Å². The molecule has 0 unspecified atom stereocenters. The molecule has 3 aliphatic rings. The molecule has 0 spiro atoms. The normalized spacial score (nSPS) is 40.1. The predicted octanol–water partition coefficient (Wildman–Crippen LogP) is 1.91. The molecule has 2 aliphatic heterocycles. The summed E-state index contributed by atoms with van der Waals surface area (Å²) in [5, 5.41) is 13.8. The molecular weight excluding hydrogens is 318 g/mol. The van der Waals surface area contributed by atoms with Crippen molar-refractivity contribution in [2.75, 3.05) is 5.88 Å². The molecule has 0 radical (unpaired) electrons. The Labute approximate surface area is 141 Å². The minimum Gasteiger partial charge on any atom is -0.453 e. The van der Waals surface area contributed by atoms with E-state index in [1.54, 1.807) is 0 Å². The maximum atomic E-state index is 12.5. The molecule has 1 aliphatic carbocycles. The molecule has 128 valence electrons. The van der Waals surface area contributed by atoms with Gasteiger partial charge in [0.1, 0.15) is 0 Å². The van der Waals surface area contributed by atoms with Crippen LogP contribution in [0.5, 0.6) is 0 Å². The molecule has 0 saturated carbocycles. The Balaban J connectivity index is 1.94. The van der Waals surface area contributed by atoms with E-state index in [1.807, 2.05) is 19.1 Å². The van der Waals surface area contributed by atoms with Gasteiger partial charge in [-0.25, -0.2) is 4.79 Å². The summed E-state index contributed by atoms with van der Waals surface area (Å²) < 4.78 is 5.55. The number of hydrogen-bond donors (Lipinski definition) is 2. The van der Waals surface area contributed by atoms with Gasteiger partial charge in [-0.1, -0.05) is 19.1 Å². The first-order valence-corrected chi connectivity index (χ1v) is 9.03. The number of aliphatic hydroxyl groups excluding tert-OH is 1. The number of rotatable bonds is 6. The largest absolute Gasteiger partial charge is 0.453 e. The molecule has 0 aromatic heterocycles. The molecule has 0 aromatic rings. The van der Waals surface area contributed by atoms with Crippen LogP contribution in [-0.4, -0.2) is 40.1 Å². The molecule has 0 bridgehead atoms. The monoisotopic (exact) mass is 341 g/mol. The summed E-state index contributed by atoms with van der Waals surface area (Å²) in [4.78, 5) is 24.9. The van der Waals surface area contributed by atoms with Crippen molar-refractivity contribution in [3.05, 3.63) is 12.2 Å². The lowest BCUT2D eigenvalue weighted by atomic mass is 9.62. The van der Waals surface area contributed by atoms with Crippen LogP contribution in [0.15, 0.2) is 12.2 Å². The van der Waals surface area contributed by atoms with Crippen LogP contribution in [0.1, 0.15) is 45.4 Å². The molecule has 5 nitrogen and oxygen atoms in total. The molecular formula is C17H24ClNO4. The van der Waals surface area contributed by atoms with Gasteiger partial charge in [-0.05, 0) is 38.5 Å². The van der Waals surface area contributed by atoms with E-state index in [-0.39, 0.29) is 11.8 Å². The highest BCUT2D eigenvalue weighted by molar-refractivity contribution is 6.17. The number of esters is 1. The summed E-state index contributed by atoms with van der Waals surface area (Å²) in [7, 11) is 0. The topological polar surface area (TPSA) is 75.6 Å². The fourth-order valence-electron chi connectivity index (χ4n) is 4.56. The van der Waals surface area contributed by atoms with Crippen LogP contribution >= 0.6 is 11.6 Å². The minimum absolute atomic E-state index is 0.130. The number of aliphatic hydroxyl groups is 1. The van der Waals surface area contributed by atoms with Gasteiger partial charge >= 0.3 is 5.97 Å². The van der Waals surface area contributed by atoms with E-state index >= 15 is 0 Å². The van der Waals surface area contributed by atoms with Gasteiger partial charge in [0, 0.05) is 11.8 Å². The van der Waals surface area contributed by atoms with Crippen molar-refractivity contribution in [2.24, 2.45) is 11.8 Å². The second-order valence-corrected chi connectivity index (χ2v) is 7.16. The van der Waals surface area contributed by atoms with Crippen molar-refractivity contribution in [3.8, 4) is 0 Å². The van der Waals surface area contributed by atoms with Crippen LogP contribution in [0.4, 0.5) is 0 Å². The molecule has 2 heterocycles. The van der Waals surface area contributed by atoms with Crippen molar-refractivity contribution in [3.63, 3.8) is 0 Å². The first-order chi connectivity index (χ1) is 11.0. The number of halogens is 1. The summed E-state index contributed by atoms with van der Waals surface area (Å²) in [6.45, 7) is 1.90. The third-order valence-corrected chi connectivity index (χ3v) is 6.02. The van der Waals surface area contributed by atoms with E-state index in [4.69, 9.17) is 16.3 Å². The standard InChI is InChI=1S/C17H24ClNO4/c1-2-16-12(9-6-10-18)14(21)19-17(16,15(22)23-16)13(20)11-7-4-3-5-8-11/h4,7,11-13,20H,2-3,5-6,8-10H2,1H3,(H,19,21)/t11-,12+,13+,16+,17+/m1/s1. The molecule has 5 atom stereocenters. The molecule has 3 rings (SSSR count). The van der Waals surface area contributed by atoms with Crippen LogP contribution in [0.3, 0.4) is 0 Å². The first-order valence-electron chi connectivity index (χ1n) is 8.49. The molecule has 2 saturated heterocycles. The second kappa shape index (κ2) is 6.10. The van der Waals surface area contributed by atoms with Gasteiger partial charge in [0.15, 0.2) is 5.60 Å². The molecule has 1 amide bonds. The summed E-state index contributed by atoms with van der Waals surface area (Å²) in [5.74, 6) is -0.826. The van der Waals surface area contributed by atoms with E-state index in [0.29, 0.717) is 25.1 Å².